The van der Waals surface area contributed by atoms with E-state index in [4.69, 9.17) is 10.9 Å². The second kappa shape index (κ2) is 7.38. The van der Waals surface area contributed by atoms with Gasteiger partial charge in [0.25, 0.3) is 0 Å². The van der Waals surface area contributed by atoms with E-state index in [9.17, 15) is 9.18 Å². The summed E-state index contributed by atoms with van der Waals surface area (Å²) in [6, 6.07) is 7.71. The van der Waals surface area contributed by atoms with Gasteiger partial charge in [-0.05, 0) is 24.6 Å². The molecule has 0 radical (unpaired) electrons. The summed E-state index contributed by atoms with van der Waals surface area (Å²) in [5, 5.41) is 6.30. The Morgan fingerprint density at radius 2 is 2.18 bits per heavy atom. The van der Waals surface area contributed by atoms with E-state index in [2.05, 4.69) is 16.4 Å². The highest BCUT2D eigenvalue weighted by atomic mass is 19.1. The van der Waals surface area contributed by atoms with Crippen LogP contribution in [-0.4, -0.2) is 29.1 Å². The van der Waals surface area contributed by atoms with Gasteiger partial charge in [-0.3, -0.25) is 15.0 Å². The highest BCUT2D eigenvalue weighted by Gasteiger charge is 2.12. The molecule has 22 heavy (non-hydrogen) atoms. The molecular weight excluding hydrogens is 285 g/mol. The molecule has 0 aliphatic carbocycles. The fourth-order valence-corrected chi connectivity index (χ4v) is 1.95. The molecule has 0 bridgehead atoms. The van der Waals surface area contributed by atoms with Crippen LogP contribution in [-0.2, 0) is 11.3 Å². The molecule has 0 saturated heterocycles. The fourth-order valence-electron chi connectivity index (χ4n) is 1.95. The number of rotatable bonds is 6. The molecule has 1 aromatic heterocycles. The minimum Gasteiger partial charge on any atom is -0.338 e. The van der Waals surface area contributed by atoms with E-state index in [-0.39, 0.29) is 18.3 Å². The van der Waals surface area contributed by atoms with Gasteiger partial charge in [0.2, 0.25) is 11.8 Å². The Labute approximate surface area is 128 Å². The number of halogens is 1. The number of anilines is 1. The zero-order valence-corrected chi connectivity index (χ0v) is 12.2. The molecule has 0 aliphatic heterocycles. The average molecular weight is 301 g/mol. The lowest BCUT2D eigenvalue weighted by Gasteiger charge is -2.18. The smallest absolute Gasteiger partial charge is 0.240 e. The molecule has 5 nitrogen and oxygen atoms in total. The Hall–Kier alpha value is -2.65. The summed E-state index contributed by atoms with van der Waals surface area (Å²) in [7, 11) is 0. The van der Waals surface area contributed by atoms with E-state index in [0.29, 0.717) is 24.7 Å². The number of aromatic nitrogens is 1. The standard InChI is InChI=1S/C16H16FN3O2/c1-3-8-20(10-13-4-6-14(17)7-5-13)11-15(21)18-16-9-12(2)19-22-16/h1,4-7,9H,8,10-11H2,2H3,(H,18,21). The number of carbonyl (C=O) groups is 1. The van der Waals surface area contributed by atoms with E-state index in [1.54, 1.807) is 30.0 Å². The summed E-state index contributed by atoms with van der Waals surface area (Å²) in [5.41, 5.74) is 1.56. The average Bonchev–Trinajstić information content (AvgIpc) is 2.86. The number of aryl methyl sites for hydroxylation is 1. The van der Waals surface area contributed by atoms with E-state index >= 15 is 0 Å². The number of hydrogen-bond acceptors (Lipinski definition) is 4. The van der Waals surface area contributed by atoms with Gasteiger partial charge in [0, 0.05) is 12.6 Å². The number of amides is 1. The fraction of sp³-hybridized carbons (Fsp3) is 0.250. The van der Waals surface area contributed by atoms with Crippen LogP contribution in [0.5, 0.6) is 0 Å². The Morgan fingerprint density at radius 1 is 1.45 bits per heavy atom. The Morgan fingerprint density at radius 3 is 2.77 bits per heavy atom. The molecule has 0 atom stereocenters. The molecule has 2 rings (SSSR count). The van der Waals surface area contributed by atoms with Crippen molar-refractivity contribution in [2.45, 2.75) is 13.5 Å². The summed E-state index contributed by atoms with van der Waals surface area (Å²) in [6.45, 7) is 2.62. The molecule has 0 unspecified atom stereocenters. The van der Waals surface area contributed by atoms with Gasteiger partial charge in [0.15, 0.2) is 0 Å². The van der Waals surface area contributed by atoms with Gasteiger partial charge in [0.1, 0.15) is 5.82 Å². The van der Waals surface area contributed by atoms with Crippen LogP contribution in [0.4, 0.5) is 10.3 Å². The minimum absolute atomic E-state index is 0.0985. The van der Waals surface area contributed by atoms with Crippen molar-refractivity contribution in [1.82, 2.24) is 10.1 Å². The number of nitrogens with one attached hydrogen (secondary N) is 1. The van der Waals surface area contributed by atoms with Crippen LogP contribution in [0, 0.1) is 25.1 Å². The Balaban J connectivity index is 1.94. The van der Waals surface area contributed by atoms with Crippen molar-refractivity contribution in [3.05, 3.63) is 47.4 Å². The molecule has 1 aromatic carbocycles. The molecule has 0 aliphatic rings. The van der Waals surface area contributed by atoms with Crippen LogP contribution in [0.3, 0.4) is 0 Å². The molecule has 0 saturated carbocycles. The molecule has 0 spiro atoms. The van der Waals surface area contributed by atoms with Crippen LogP contribution in [0.2, 0.25) is 0 Å². The van der Waals surface area contributed by atoms with Crippen molar-refractivity contribution in [2.75, 3.05) is 18.4 Å². The van der Waals surface area contributed by atoms with Crippen LogP contribution < -0.4 is 5.32 Å². The lowest BCUT2D eigenvalue weighted by Crippen LogP contribution is -2.33. The van der Waals surface area contributed by atoms with Crippen molar-refractivity contribution in [1.29, 1.82) is 0 Å². The number of nitrogens with zero attached hydrogens (tertiary/aromatic N) is 2. The summed E-state index contributed by atoms with van der Waals surface area (Å²) >= 11 is 0. The third-order valence-electron chi connectivity index (χ3n) is 2.89. The van der Waals surface area contributed by atoms with Crippen LogP contribution in [0.15, 0.2) is 34.9 Å². The monoisotopic (exact) mass is 301 g/mol. The first-order valence-corrected chi connectivity index (χ1v) is 6.70. The van der Waals surface area contributed by atoms with Gasteiger partial charge in [0.05, 0.1) is 18.8 Å². The minimum atomic E-state index is -0.300. The van der Waals surface area contributed by atoms with Crippen molar-refractivity contribution >= 4 is 11.8 Å². The third-order valence-corrected chi connectivity index (χ3v) is 2.89. The maximum Gasteiger partial charge on any atom is 0.240 e. The first-order valence-electron chi connectivity index (χ1n) is 6.70. The van der Waals surface area contributed by atoms with Crippen molar-refractivity contribution in [3.63, 3.8) is 0 Å². The van der Waals surface area contributed by atoms with E-state index < -0.39 is 0 Å². The van der Waals surface area contributed by atoms with Gasteiger partial charge in [-0.15, -0.1) is 6.42 Å². The number of terminal acetylenes is 1. The van der Waals surface area contributed by atoms with Gasteiger partial charge in [-0.1, -0.05) is 23.2 Å². The quantitative estimate of drug-likeness (QED) is 0.831. The molecule has 1 amide bonds. The van der Waals surface area contributed by atoms with Gasteiger partial charge in [-0.25, -0.2) is 4.39 Å². The SMILES string of the molecule is C#CCN(CC(=O)Nc1cc(C)no1)Cc1ccc(F)cc1. The van der Waals surface area contributed by atoms with Crippen molar-refractivity contribution in [2.24, 2.45) is 0 Å². The van der Waals surface area contributed by atoms with Crippen LogP contribution in [0.1, 0.15) is 11.3 Å². The zero-order valence-electron chi connectivity index (χ0n) is 12.2. The number of carbonyl (C=O) groups excluding carboxylic acids is 1. The van der Waals surface area contributed by atoms with Gasteiger partial charge in [-0.2, -0.15) is 0 Å². The summed E-state index contributed by atoms with van der Waals surface area (Å²) in [4.78, 5) is 13.8. The topological polar surface area (TPSA) is 58.4 Å². The largest absolute Gasteiger partial charge is 0.338 e. The maximum atomic E-state index is 12.9. The molecular formula is C16H16FN3O2. The second-order valence-corrected chi connectivity index (χ2v) is 4.86. The second-order valence-electron chi connectivity index (χ2n) is 4.86. The third kappa shape index (κ3) is 4.72. The number of hydrogen-bond donors (Lipinski definition) is 1. The van der Waals surface area contributed by atoms with Gasteiger partial charge < -0.3 is 4.52 Å². The molecule has 1 heterocycles. The van der Waals surface area contributed by atoms with Crippen molar-refractivity contribution < 1.29 is 13.7 Å². The maximum absolute atomic E-state index is 12.9. The lowest BCUT2D eigenvalue weighted by atomic mass is 10.2. The zero-order chi connectivity index (χ0) is 15.9. The van der Waals surface area contributed by atoms with E-state index in [0.717, 1.165) is 5.56 Å². The first kappa shape index (κ1) is 15.7. The van der Waals surface area contributed by atoms with Crippen molar-refractivity contribution in [3.8, 4) is 12.3 Å². The summed E-state index contributed by atoms with van der Waals surface area (Å²) < 4.78 is 17.8. The normalized spacial score (nSPS) is 10.5. The van der Waals surface area contributed by atoms with Crippen LogP contribution >= 0.6 is 0 Å². The Bertz CT molecular complexity index is 673. The van der Waals surface area contributed by atoms with Gasteiger partial charge >= 0.3 is 0 Å². The predicted octanol–water partition coefficient (Wildman–Crippen LogP) is 2.20. The summed E-state index contributed by atoms with van der Waals surface area (Å²) in [6.07, 6.45) is 5.33. The van der Waals surface area contributed by atoms with E-state index in [1.165, 1.54) is 12.1 Å². The molecule has 6 heteroatoms. The molecule has 2 aromatic rings. The van der Waals surface area contributed by atoms with E-state index in [1.807, 2.05) is 0 Å². The molecule has 0 fully saturated rings. The predicted molar refractivity (Wildman–Crippen MR) is 80.4 cm³/mol. The number of benzene rings is 1. The van der Waals surface area contributed by atoms with Crippen LogP contribution in [0.25, 0.3) is 0 Å². The molecule has 114 valence electrons. The first-order chi connectivity index (χ1) is 10.6. The Kier molecular flexibility index (Phi) is 5.28. The summed E-state index contributed by atoms with van der Waals surface area (Å²) in [5.74, 6) is 2.25. The molecule has 1 N–H and O–H groups in total. The lowest BCUT2D eigenvalue weighted by molar-refractivity contribution is -0.117. The highest BCUT2D eigenvalue weighted by Crippen LogP contribution is 2.09. The highest BCUT2D eigenvalue weighted by molar-refractivity contribution is 5.90.